The molecule has 0 unspecified atom stereocenters. The van der Waals surface area contributed by atoms with E-state index in [0.29, 0.717) is 12.1 Å². The molecule has 3 aromatic rings. The van der Waals surface area contributed by atoms with Crippen LogP contribution >= 0.6 is 0 Å². The van der Waals surface area contributed by atoms with Crippen molar-refractivity contribution in [3.63, 3.8) is 0 Å². The second-order valence-electron chi connectivity index (χ2n) is 4.06. The van der Waals surface area contributed by atoms with Crippen LogP contribution in [0.4, 0.5) is 0 Å². The largest absolute Gasteiger partial charge is 0.463 e. The molecule has 90 valence electrons. The highest BCUT2D eigenvalue weighted by Crippen LogP contribution is 2.20. The smallest absolute Gasteiger partial charge is 0.266 e. The Hall–Kier alpha value is -2.36. The lowest BCUT2D eigenvalue weighted by atomic mass is 10.1. The van der Waals surface area contributed by atoms with Gasteiger partial charge in [-0.15, -0.1) is 0 Å². The van der Waals surface area contributed by atoms with E-state index in [1.54, 1.807) is 4.57 Å². The lowest BCUT2D eigenvalue weighted by Crippen LogP contribution is -2.24. The zero-order chi connectivity index (χ0) is 12.7. The zero-order valence-corrected chi connectivity index (χ0v) is 9.84. The van der Waals surface area contributed by atoms with Crippen LogP contribution in [0, 0.1) is 0 Å². The van der Waals surface area contributed by atoms with Gasteiger partial charge in [-0.1, -0.05) is 12.1 Å². The van der Waals surface area contributed by atoms with Crippen LogP contribution < -0.4 is 11.0 Å². The summed E-state index contributed by atoms with van der Waals surface area (Å²) in [6.07, 6.45) is 1.33. The average Bonchev–Trinajstić information content (AvgIpc) is 2.39. The third kappa shape index (κ3) is 1.32. The number of hydrogen-bond acceptors (Lipinski definition) is 3. The van der Waals surface area contributed by atoms with Crippen molar-refractivity contribution in [2.45, 2.75) is 13.5 Å². The van der Waals surface area contributed by atoms with Gasteiger partial charge in [0.1, 0.15) is 5.39 Å². The normalized spacial score (nSPS) is 11.2. The number of nitrogens with zero attached hydrogens (tertiary/aromatic N) is 1. The summed E-state index contributed by atoms with van der Waals surface area (Å²) >= 11 is 0. The van der Waals surface area contributed by atoms with Gasteiger partial charge in [0.05, 0.1) is 11.8 Å². The predicted octanol–water partition coefficient (Wildman–Crippen LogP) is 2.13. The fourth-order valence-electron chi connectivity index (χ4n) is 2.28. The Morgan fingerprint density at radius 2 is 1.94 bits per heavy atom. The Morgan fingerprint density at radius 1 is 1.17 bits per heavy atom. The minimum absolute atomic E-state index is 0.123. The SMILES string of the molecule is CCn1c(=O)c2c(=O)ccoc2c2ccccc21. The Labute approximate surface area is 102 Å². The molecular weight excluding hydrogens is 230 g/mol. The maximum absolute atomic E-state index is 12.3. The quantitative estimate of drug-likeness (QED) is 0.613. The molecule has 0 N–H and O–H groups in total. The number of hydrogen-bond donors (Lipinski definition) is 0. The van der Waals surface area contributed by atoms with Gasteiger partial charge in [0.15, 0.2) is 11.0 Å². The van der Waals surface area contributed by atoms with Crippen molar-refractivity contribution in [1.82, 2.24) is 4.57 Å². The molecule has 0 radical (unpaired) electrons. The van der Waals surface area contributed by atoms with Crippen molar-refractivity contribution in [3.05, 3.63) is 57.2 Å². The summed E-state index contributed by atoms with van der Waals surface area (Å²) in [4.78, 5) is 24.1. The molecule has 2 heterocycles. The first-order valence-electron chi connectivity index (χ1n) is 5.77. The van der Waals surface area contributed by atoms with Gasteiger partial charge in [-0.25, -0.2) is 0 Å². The Morgan fingerprint density at radius 3 is 2.72 bits per heavy atom. The molecule has 0 atom stereocenters. The molecule has 0 amide bonds. The highest BCUT2D eigenvalue weighted by Gasteiger charge is 2.13. The first-order chi connectivity index (χ1) is 8.74. The van der Waals surface area contributed by atoms with Crippen LogP contribution in [-0.2, 0) is 6.54 Å². The maximum Gasteiger partial charge on any atom is 0.266 e. The Balaban J connectivity index is 2.76. The molecule has 0 saturated carbocycles. The van der Waals surface area contributed by atoms with E-state index in [0.717, 1.165) is 10.9 Å². The van der Waals surface area contributed by atoms with E-state index >= 15 is 0 Å². The van der Waals surface area contributed by atoms with Crippen molar-refractivity contribution in [1.29, 1.82) is 0 Å². The topological polar surface area (TPSA) is 52.2 Å². The zero-order valence-electron chi connectivity index (χ0n) is 9.84. The van der Waals surface area contributed by atoms with Crippen molar-refractivity contribution in [2.24, 2.45) is 0 Å². The standard InChI is InChI=1S/C14H11NO3/c1-2-15-10-6-4-3-5-9(10)13-12(14(15)17)11(16)7-8-18-13/h3-8H,2H2,1H3. The van der Waals surface area contributed by atoms with Crippen LogP contribution in [-0.4, -0.2) is 4.57 Å². The van der Waals surface area contributed by atoms with Crippen LogP contribution in [0.15, 0.2) is 50.6 Å². The first-order valence-corrected chi connectivity index (χ1v) is 5.77. The lowest BCUT2D eigenvalue weighted by Gasteiger charge is -2.09. The molecule has 0 aliphatic carbocycles. The van der Waals surface area contributed by atoms with E-state index < -0.39 is 0 Å². The maximum atomic E-state index is 12.3. The summed E-state index contributed by atoms with van der Waals surface area (Å²) in [6.45, 7) is 2.40. The van der Waals surface area contributed by atoms with Gasteiger partial charge < -0.3 is 8.98 Å². The number of benzene rings is 1. The fourth-order valence-corrected chi connectivity index (χ4v) is 2.28. The van der Waals surface area contributed by atoms with Crippen LogP contribution in [0.2, 0.25) is 0 Å². The highest BCUT2D eigenvalue weighted by molar-refractivity contribution is 6.01. The number of aryl methyl sites for hydroxylation is 1. The minimum atomic E-state index is -0.297. The van der Waals surface area contributed by atoms with Gasteiger partial charge in [-0.2, -0.15) is 0 Å². The summed E-state index contributed by atoms with van der Waals surface area (Å²) < 4.78 is 6.96. The second kappa shape index (κ2) is 3.84. The average molecular weight is 241 g/mol. The number of pyridine rings is 1. The Bertz CT molecular complexity index is 858. The monoisotopic (exact) mass is 241 g/mol. The number of para-hydroxylation sites is 1. The molecule has 0 aliphatic rings. The molecule has 2 aromatic heterocycles. The summed E-state index contributed by atoms with van der Waals surface area (Å²) in [7, 11) is 0. The number of fused-ring (bicyclic) bond motifs is 3. The number of aromatic nitrogens is 1. The number of rotatable bonds is 1. The first kappa shape index (κ1) is 10.8. The summed E-state index contributed by atoms with van der Waals surface area (Å²) in [5.41, 5.74) is 0.564. The third-order valence-electron chi connectivity index (χ3n) is 3.09. The molecular formula is C14H11NO3. The lowest BCUT2D eigenvalue weighted by molar-refractivity contribution is 0.603. The van der Waals surface area contributed by atoms with Crippen LogP contribution in [0.1, 0.15) is 6.92 Å². The van der Waals surface area contributed by atoms with Crippen molar-refractivity contribution < 1.29 is 4.42 Å². The van der Waals surface area contributed by atoms with E-state index in [2.05, 4.69) is 0 Å². The summed E-state index contributed by atoms with van der Waals surface area (Å²) in [5.74, 6) is 0. The van der Waals surface area contributed by atoms with E-state index in [4.69, 9.17) is 4.42 Å². The van der Waals surface area contributed by atoms with Crippen LogP contribution in [0.5, 0.6) is 0 Å². The molecule has 4 heteroatoms. The highest BCUT2D eigenvalue weighted by atomic mass is 16.3. The van der Waals surface area contributed by atoms with Gasteiger partial charge >= 0.3 is 0 Å². The molecule has 18 heavy (non-hydrogen) atoms. The molecule has 0 spiro atoms. The Kier molecular flexibility index (Phi) is 2.30. The van der Waals surface area contributed by atoms with Gasteiger partial charge in [-0.3, -0.25) is 9.59 Å². The summed E-state index contributed by atoms with van der Waals surface area (Å²) in [5, 5.41) is 0.907. The molecule has 0 aliphatic heterocycles. The third-order valence-corrected chi connectivity index (χ3v) is 3.09. The van der Waals surface area contributed by atoms with Crippen LogP contribution in [0.3, 0.4) is 0 Å². The van der Waals surface area contributed by atoms with E-state index in [-0.39, 0.29) is 16.4 Å². The fraction of sp³-hybridized carbons (Fsp3) is 0.143. The molecule has 0 saturated heterocycles. The van der Waals surface area contributed by atoms with Crippen molar-refractivity contribution in [3.8, 4) is 0 Å². The van der Waals surface area contributed by atoms with Gasteiger partial charge in [0.2, 0.25) is 0 Å². The predicted molar refractivity (Wildman–Crippen MR) is 69.9 cm³/mol. The molecule has 3 rings (SSSR count). The minimum Gasteiger partial charge on any atom is -0.463 e. The molecule has 1 aromatic carbocycles. The second-order valence-corrected chi connectivity index (χ2v) is 4.06. The van der Waals surface area contributed by atoms with Crippen molar-refractivity contribution >= 4 is 21.9 Å². The van der Waals surface area contributed by atoms with Gasteiger partial charge in [-0.05, 0) is 19.1 Å². The van der Waals surface area contributed by atoms with Crippen molar-refractivity contribution in [2.75, 3.05) is 0 Å². The van der Waals surface area contributed by atoms with Gasteiger partial charge in [0.25, 0.3) is 5.56 Å². The molecule has 0 fully saturated rings. The molecule has 0 bridgehead atoms. The van der Waals surface area contributed by atoms with E-state index in [1.165, 1.54) is 12.3 Å². The van der Waals surface area contributed by atoms with Crippen LogP contribution in [0.25, 0.3) is 21.9 Å². The molecule has 4 nitrogen and oxygen atoms in total. The van der Waals surface area contributed by atoms with E-state index in [9.17, 15) is 9.59 Å². The van der Waals surface area contributed by atoms with Gasteiger partial charge in [0, 0.05) is 18.0 Å². The van der Waals surface area contributed by atoms with E-state index in [1.807, 2.05) is 31.2 Å². The summed E-state index contributed by atoms with van der Waals surface area (Å²) in [6, 6.07) is 8.71.